The van der Waals surface area contributed by atoms with Crippen LogP contribution in [0.3, 0.4) is 0 Å². The SMILES string of the molecule is CC1=CCN(C(C)CC2CC2)CC1. The van der Waals surface area contributed by atoms with Crippen molar-refractivity contribution in [1.82, 2.24) is 4.90 Å². The van der Waals surface area contributed by atoms with Crippen LogP contribution in [0.4, 0.5) is 0 Å². The van der Waals surface area contributed by atoms with Crippen molar-refractivity contribution in [2.45, 2.75) is 45.6 Å². The van der Waals surface area contributed by atoms with E-state index in [9.17, 15) is 0 Å². The largest absolute Gasteiger partial charge is 0.297 e. The summed E-state index contributed by atoms with van der Waals surface area (Å²) in [6, 6.07) is 0.817. The molecule has 0 amide bonds. The quantitative estimate of drug-likeness (QED) is 0.602. The molecule has 0 N–H and O–H groups in total. The Kier molecular flexibility index (Phi) is 2.73. The van der Waals surface area contributed by atoms with E-state index in [-0.39, 0.29) is 0 Å². The van der Waals surface area contributed by atoms with Gasteiger partial charge in [-0.2, -0.15) is 0 Å². The number of nitrogens with zero attached hydrogens (tertiary/aromatic N) is 1. The third-order valence-electron chi connectivity index (χ3n) is 3.46. The first-order valence-electron chi connectivity index (χ1n) is 5.65. The van der Waals surface area contributed by atoms with Crippen LogP contribution in [0.15, 0.2) is 11.6 Å². The van der Waals surface area contributed by atoms with Gasteiger partial charge in [0, 0.05) is 19.1 Å². The maximum absolute atomic E-state index is 2.63. The highest BCUT2D eigenvalue weighted by atomic mass is 15.1. The molecule has 0 bridgehead atoms. The molecule has 13 heavy (non-hydrogen) atoms. The van der Waals surface area contributed by atoms with Crippen molar-refractivity contribution in [3.8, 4) is 0 Å². The molecular formula is C12H21N. The van der Waals surface area contributed by atoms with Crippen LogP contribution >= 0.6 is 0 Å². The van der Waals surface area contributed by atoms with Gasteiger partial charge in [0.2, 0.25) is 0 Å². The highest BCUT2D eigenvalue weighted by molar-refractivity contribution is 5.04. The Bertz CT molecular complexity index is 203. The lowest BCUT2D eigenvalue weighted by Gasteiger charge is -2.31. The van der Waals surface area contributed by atoms with Gasteiger partial charge < -0.3 is 0 Å². The predicted molar refractivity (Wildman–Crippen MR) is 56.8 cm³/mol. The third-order valence-corrected chi connectivity index (χ3v) is 3.46. The molecule has 1 unspecified atom stereocenters. The number of hydrogen-bond donors (Lipinski definition) is 0. The molecule has 1 heterocycles. The fraction of sp³-hybridized carbons (Fsp3) is 0.833. The maximum atomic E-state index is 2.63. The summed E-state index contributed by atoms with van der Waals surface area (Å²) in [5, 5.41) is 0. The van der Waals surface area contributed by atoms with Gasteiger partial charge in [-0.3, -0.25) is 4.90 Å². The van der Waals surface area contributed by atoms with Gasteiger partial charge in [0.1, 0.15) is 0 Å². The molecule has 1 aliphatic heterocycles. The standard InChI is InChI=1S/C12H21N/c1-10-5-7-13(8-6-10)11(2)9-12-3-4-12/h5,11-12H,3-4,6-9H2,1-2H3. The molecule has 0 aromatic carbocycles. The summed E-state index contributed by atoms with van der Waals surface area (Å²) in [6.07, 6.45) is 8.11. The molecule has 2 rings (SSSR count). The van der Waals surface area contributed by atoms with Crippen molar-refractivity contribution in [3.63, 3.8) is 0 Å². The average molecular weight is 179 g/mol. The van der Waals surface area contributed by atoms with Crippen LogP contribution in [0.5, 0.6) is 0 Å². The highest BCUT2D eigenvalue weighted by Crippen LogP contribution is 2.34. The van der Waals surface area contributed by atoms with E-state index in [0.29, 0.717) is 0 Å². The van der Waals surface area contributed by atoms with E-state index in [1.807, 2.05) is 0 Å². The van der Waals surface area contributed by atoms with Crippen molar-refractivity contribution in [2.24, 2.45) is 5.92 Å². The summed E-state index contributed by atoms with van der Waals surface area (Å²) >= 11 is 0. The Labute approximate surface area is 81.8 Å². The van der Waals surface area contributed by atoms with Gasteiger partial charge in [-0.1, -0.05) is 24.5 Å². The van der Waals surface area contributed by atoms with Gasteiger partial charge >= 0.3 is 0 Å². The van der Waals surface area contributed by atoms with Gasteiger partial charge in [-0.15, -0.1) is 0 Å². The average Bonchev–Trinajstić information content (AvgIpc) is 2.89. The molecule has 0 aromatic rings. The van der Waals surface area contributed by atoms with E-state index in [1.54, 1.807) is 5.57 Å². The normalized spacial score (nSPS) is 27.1. The van der Waals surface area contributed by atoms with E-state index in [0.717, 1.165) is 12.0 Å². The predicted octanol–water partition coefficient (Wildman–Crippen LogP) is 2.83. The van der Waals surface area contributed by atoms with Crippen LogP contribution in [0.25, 0.3) is 0 Å². The number of rotatable bonds is 3. The molecule has 1 atom stereocenters. The van der Waals surface area contributed by atoms with Crippen molar-refractivity contribution in [1.29, 1.82) is 0 Å². The highest BCUT2D eigenvalue weighted by Gasteiger charge is 2.26. The minimum atomic E-state index is 0.817. The lowest BCUT2D eigenvalue weighted by molar-refractivity contribution is 0.208. The molecular weight excluding hydrogens is 158 g/mol. The Morgan fingerprint density at radius 3 is 2.85 bits per heavy atom. The summed E-state index contributed by atoms with van der Waals surface area (Å²) in [7, 11) is 0. The molecule has 1 nitrogen and oxygen atoms in total. The summed E-state index contributed by atoms with van der Waals surface area (Å²) in [6.45, 7) is 7.13. The first-order valence-corrected chi connectivity index (χ1v) is 5.65. The Morgan fingerprint density at radius 1 is 1.54 bits per heavy atom. The third kappa shape index (κ3) is 2.57. The molecule has 0 spiro atoms. The summed E-state index contributed by atoms with van der Waals surface area (Å²) < 4.78 is 0. The lowest BCUT2D eigenvalue weighted by atomic mass is 10.1. The van der Waals surface area contributed by atoms with Crippen LogP contribution in [0.1, 0.15) is 39.5 Å². The fourth-order valence-corrected chi connectivity index (χ4v) is 2.17. The van der Waals surface area contributed by atoms with Crippen LogP contribution < -0.4 is 0 Å². The maximum Gasteiger partial charge on any atom is 0.0168 e. The Hall–Kier alpha value is -0.300. The minimum absolute atomic E-state index is 0.817. The molecule has 0 radical (unpaired) electrons. The molecule has 1 fully saturated rings. The summed E-state index contributed by atoms with van der Waals surface area (Å²) in [5.41, 5.74) is 1.58. The molecule has 0 saturated heterocycles. The van der Waals surface area contributed by atoms with Gasteiger partial charge in [0.25, 0.3) is 0 Å². The van der Waals surface area contributed by atoms with Crippen LogP contribution in [0, 0.1) is 5.92 Å². The summed E-state index contributed by atoms with van der Waals surface area (Å²) in [5.74, 6) is 1.07. The fourth-order valence-electron chi connectivity index (χ4n) is 2.17. The smallest absolute Gasteiger partial charge is 0.0168 e. The first kappa shape index (κ1) is 9.26. The van der Waals surface area contributed by atoms with Gasteiger partial charge in [-0.05, 0) is 32.6 Å². The molecule has 2 aliphatic rings. The van der Waals surface area contributed by atoms with Crippen LogP contribution in [-0.2, 0) is 0 Å². The van der Waals surface area contributed by atoms with E-state index in [4.69, 9.17) is 0 Å². The van der Waals surface area contributed by atoms with E-state index in [2.05, 4.69) is 24.8 Å². The van der Waals surface area contributed by atoms with Gasteiger partial charge in [0.15, 0.2) is 0 Å². The van der Waals surface area contributed by atoms with Crippen molar-refractivity contribution >= 4 is 0 Å². The van der Waals surface area contributed by atoms with Gasteiger partial charge in [0.05, 0.1) is 0 Å². The Morgan fingerprint density at radius 2 is 2.31 bits per heavy atom. The van der Waals surface area contributed by atoms with E-state index < -0.39 is 0 Å². The molecule has 1 aliphatic carbocycles. The van der Waals surface area contributed by atoms with Gasteiger partial charge in [-0.25, -0.2) is 0 Å². The zero-order valence-electron chi connectivity index (χ0n) is 8.92. The summed E-state index contributed by atoms with van der Waals surface area (Å²) in [4.78, 5) is 2.63. The topological polar surface area (TPSA) is 3.24 Å². The Balaban J connectivity index is 1.79. The van der Waals surface area contributed by atoms with Crippen LogP contribution in [-0.4, -0.2) is 24.0 Å². The van der Waals surface area contributed by atoms with Crippen LogP contribution in [0.2, 0.25) is 0 Å². The molecule has 1 heteroatoms. The van der Waals surface area contributed by atoms with E-state index >= 15 is 0 Å². The number of hydrogen-bond acceptors (Lipinski definition) is 1. The van der Waals surface area contributed by atoms with Crippen molar-refractivity contribution in [3.05, 3.63) is 11.6 Å². The molecule has 1 saturated carbocycles. The second-order valence-electron chi connectivity index (χ2n) is 4.82. The second kappa shape index (κ2) is 3.83. The zero-order valence-corrected chi connectivity index (χ0v) is 8.92. The van der Waals surface area contributed by atoms with Crippen molar-refractivity contribution in [2.75, 3.05) is 13.1 Å². The lowest BCUT2D eigenvalue weighted by Crippen LogP contribution is -2.36. The minimum Gasteiger partial charge on any atom is -0.297 e. The zero-order chi connectivity index (χ0) is 9.26. The second-order valence-corrected chi connectivity index (χ2v) is 4.82. The monoisotopic (exact) mass is 179 g/mol. The van der Waals surface area contributed by atoms with E-state index in [1.165, 1.54) is 38.8 Å². The first-order chi connectivity index (χ1) is 6.25. The molecule has 74 valence electrons. The molecule has 0 aromatic heterocycles. The van der Waals surface area contributed by atoms with Crippen molar-refractivity contribution < 1.29 is 0 Å².